The van der Waals surface area contributed by atoms with E-state index in [0.717, 1.165) is 4.91 Å². The monoisotopic (exact) mass is 389 g/mol. The van der Waals surface area contributed by atoms with Crippen molar-refractivity contribution in [2.45, 2.75) is 12.8 Å². The quantitative estimate of drug-likeness (QED) is 0.660. The maximum atomic E-state index is 11.6. The van der Waals surface area contributed by atoms with E-state index in [1.54, 1.807) is 47.0 Å². The lowest BCUT2D eigenvalue weighted by Crippen LogP contribution is -2.33. The maximum Gasteiger partial charge on any atom is 0.358 e. The van der Waals surface area contributed by atoms with E-state index in [9.17, 15) is 14.4 Å². The van der Waals surface area contributed by atoms with Crippen molar-refractivity contribution in [1.82, 2.24) is 5.06 Å². The molecule has 10 heteroatoms. The Kier molecular flexibility index (Phi) is 5.81. The highest BCUT2D eigenvalue weighted by atomic mass is 32.2. The zero-order valence-electron chi connectivity index (χ0n) is 11.7. The summed E-state index contributed by atoms with van der Waals surface area (Å²) in [6, 6.07) is 0. The first kappa shape index (κ1) is 17.0. The van der Waals surface area contributed by atoms with E-state index in [2.05, 4.69) is 0 Å². The Morgan fingerprint density at radius 1 is 1.09 bits per heavy atom. The van der Waals surface area contributed by atoms with E-state index in [1.807, 2.05) is 16.2 Å². The summed E-state index contributed by atoms with van der Waals surface area (Å²) in [6.45, 7) is -0.0230. The van der Waals surface area contributed by atoms with Crippen molar-refractivity contribution in [2.24, 2.45) is 0 Å². The number of rotatable bonds is 5. The van der Waals surface area contributed by atoms with Crippen LogP contribution in [-0.4, -0.2) is 36.1 Å². The molecule has 3 aliphatic heterocycles. The van der Waals surface area contributed by atoms with Crippen LogP contribution < -0.4 is 0 Å². The summed E-state index contributed by atoms with van der Waals surface area (Å²) in [7, 11) is 0. The van der Waals surface area contributed by atoms with Crippen LogP contribution in [0.25, 0.3) is 0 Å². The van der Waals surface area contributed by atoms with Crippen LogP contribution in [0.2, 0.25) is 0 Å². The Balaban J connectivity index is 1.38. The van der Waals surface area contributed by atoms with Gasteiger partial charge in [-0.3, -0.25) is 9.59 Å². The summed E-state index contributed by atoms with van der Waals surface area (Å²) < 4.78 is 7.75. The fourth-order valence-corrected chi connectivity index (χ4v) is 6.18. The average molecular weight is 390 g/mol. The molecule has 1 fully saturated rings. The summed E-state index contributed by atoms with van der Waals surface area (Å²) in [6.07, 6.45) is 0.159. The Labute approximate surface area is 149 Å². The molecule has 0 saturated carbocycles. The maximum absolute atomic E-state index is 11.6. The molecule has 23 heavy (non-hydrogen) atoms. The Hall–Kier alpha value is -0.810. The first-order valence-electron chi connectivity index (χ1n) is 6.54. The van der Waals surface area contributed by atoms with Crippen molar-refractivity contribution in [3.05, 3.63) is 29.6 Å². The molecule has 3 rings (SSSR count). The summed E-state index contributed by atoms with van der Waals surface area (Å²) in [5.41, 5.74) is 0. The highest BCUT2D eigenvalue weighted by Crippen LogP contribution is 2.53. The van der Waals surface area contributed by atoms with Gasteiger partial charge in [0, 0.05) is 17.7 Å². The van der Waals surface area contributed by atoms with E-state index in [0.29, 0.717) is 5.06 Å². The molecule has 122 valence electrons. The SMILES string of the molecule is O=C(COCC1=CSC(=C2SC=CS2)S1)ON1C(=O)CCC1=O. The molecule has 0 bridgehead atoms. The molecule has 3 aliphatic rings. The van der Waals surface area contributed by atoms with Gasteiger partial charge in [-0.05, 0) is 16.2 Å². The smallest absolute Gasteiger partial charge is 0.358 e. The van der Waals surface area contributed by atoms with Crippen molar-refractivity contribution in [3.8, 4) is 0 Å². The second-order valence-electron chi connectivity index (χ2n) is 4.42. The molecular weight excluding hydrogens is 378 g/mol. The molecule has 2 amide bonds. The van der Waals surface area contributed by atoms with Gasteiger partial charge in [0.2, 0.25) is 0 Å². The van der Waals surface area contributed by atoms with Gasteiger partial charge in [0.05, 0.1) is 15.1 Å². The number of amides is 2. The third-order valence-corrected chi connectivity index (χ3v) is 7.80. The average Bonchev–Trinajstić information content (AvgIpc) is 3.25. The molecule has 0 N–H and O–H groups in total. The summed E-state index contributed by atoms with van der Waals surface area (Å²) in [5, 5.41) is 6.60. The zero-order valence-corrected chi connectivity index (χ0v) is 14.9. The van der Waals surface area contributed by atoms with Gasteiger partial charge in [-0.15, -0.1) is 5.06 Å². The normalized spacial score (nSPS) is 20.7. The van der Waals surface area contributed by atoms with E-state index in [-0.39, 0.29) is 26.1 Å². The van der Waals surface area contributed by atoms with Crippen molar-refractivity contribution in [2.75, 3.05) is 13.2 Å². The van der Waals surface area contributed by atoms with Crippen LogP contribution in [0.1, 0.15) is 12.8 Å². The van der Waals surface area contributed by atoms with E-state index in [1.165, 1.54) is 8.47 Å². The number of hydrogen-bond donors (Lipinski definition) is 0. The predicted molar refractivity (Wildman–Crippen MR) is 92.6 cm³/mol. The standard InChI is InChI=1S/C13H11NO5S4/c15-9-1-2-10(16)14(9)19-11(17)6-18-5-8-7-22-13(23-8)12-20-3-4-21-12/h3-4,7H,1-2,5-6H2. The minimum atomic E-state index is -0.755. The van der Waals surface area contributed by atoms with E-state index < -0.39 is 17.8 Å². The van der Waals surface area contributed by atoms with Gasteiger partial charge in [0.15, 0.2) is 0 Å². The number of thioether (sulfide) groups is 4. The summed E-state index contributed by atoms with van der Waals surface area (Å²) in [5.74, 6) is -1.75. The van der Waals surface area contributed by atoms with Crippen molar-refractivity contribution >= 4 is 64.8 Å². The van der Waals surface area contributed by atoms with Gasteiger partial charge in [0.25, 0.3) is 11.8 Å². The summed E-state index contributed by atoms with van der Waals surface area (Å²) in [4.78, 5) is 40.0. The molecule has 0 atom stereocenters. The predicted octanol–water partition coefficient (Wildman–Crippen LogP) is 3.01. The minimum absolute atomic E-state index is 0.0794. The second-order valence-corrected chi connectivity index (χ2v) is 8.79. The van der Waals surface area contributed by atoms with Gasteiger partial charge in [-0.25, -0.2) is 4.79 Å². The number of carbonyl (C=O) groups excluding carboxylic acids is 3. The van der Waals surface area contributed by atoms with Gasteiger partial charge >= 0.3 is 5.97 Å². The minimum Gasteiger partial charge on any atom is -0.364 e. The molecule has 0 unspecified atom stereocenters. The lowest BCUT2D eigenvalue weighted by molar-refractivity contribution is -0.200. The Morgan fingerprint density at radius 2 is 1.78 bits per heavy atom. The first-order chi connectivity index (χ1) is 11.1. The van der Waals surface area contributed by atoms with Crippen LogP contribution in [0, 0.1) is 0 Å². The fourth-order valence-electron chi connectivity index (χ4n) is 1.76. The van der Waals surface area contributed by atoms with E-state index >= 15 is 0 Å². The van der Waals surface area contributed by atoms with Crippen LogP contribution in [0.5, 0.6) is 0 Å². The van der Waals surface area contributed by atoms with Crippen molar-refractivity contribution in [3.63, 3.8) is 0 Å². The van der Waals surface area contributed by atoms with Gasteiger partial charge in [-0.1, -0.05) is 47.0 Å². The number of ether oxygens (including phenoxy) is 1. The fraction of sp³-hybridized carbons (Fsp3) is 0.308. The van der Waals surface area contributed by atoms with Crippen LogP contribution in [-0.2, 0) is 24.0 Å². The molecule has 0 aromatic carbocycles. The molecule has 0 aromatic rings. The molecule has 3 heterocycles. The van der Waals surface area contributed by atoms with Crippen LogP contribution >= 0.6 is 47.0 Å². The molecule has 0 aromatic heterocycles. The lowest BCUT2D eigenvalue weighted by atomic mass is 10.4. The first-order valence-corrected chi connectivity index (χ1v) is 9.99. The molecule has 0 radical (unpaired) electrons. The number of nitrogens with zero attached hydrogens (tertiary/aromatic N) is 1. The second kappa shape index (κ2) is 7.84. The zero-order chi connectivity index (χ0) is 16.2. The molecule has 0 aliphatic carbocycles. The Bertz CT molecular complexity index is 616. The topological polar surface area (TPSA) is 72.9 Å². The van der Waals surface area contributed by atoms with Crippen molar-refractivity contribution in [1.29, 1.82) is 0 Å². The number of imide groups is 1. The highest BCUT2D eigenvalue weighted by Gasteiger charge is 2.32. The van der Waals surface area contributed by atoms with Crippen molar-refractivity contribution < 1.29 is 24.0 Å². The highest BCUT2D eigenvalue weighted by molar-refractivity contribution is 8.33. The van der Waals surface area contributed by atoms with Crippen LogP contribution in [0.4, 0.5) is 0 Å². The molecular formula is C13H11NO5S4. The van der Waals surface area contributed by atoms with Crippen LogP contribution in [0.3, 0.4) is 0 Å². The van der Waals surface area contributed by atoms with Gasteiger partial charge in [-0.2, -0.15) is 0 Å². The largest absolute Gasteiger partial charge is 0.364 e. The molecule has 0 spiro atoms. The van der Waals surface area contributed by atoms with E-state index in [4.69, 9.17) is 9.57 Å². The third-order valence-electron chi connectivity index (χ3n) is 2.76. The number of carbonyl (C=O) groups is 3. The van der Waals surface area contributed by atoms with Gasteiger partial charge in [0.1, 0.15) is 6.61 Å². The lowest BCUT2D eigenvalue weighted by Gasteiger charge is -2.12. The Morgan fingerprint density at radius 3 is 2.48 bits per heavy atom. The number of hydroxylamine groups is 2. The molecule has 1 saturated heterocycles. The molecule has 6 nitrogen and oxygen atoms in total. The van der Waals surface area contributed by atoms with Gasteiger partial charge < -0.3 is 9.57 Å². The summed E-state index contributed by atoms with van der Waals surface area (Å²) >= 11 is 6.64. The third kappa shape index (κ3) is 4.38. The van der Waals surface area contributed by atoms with Crippen LogP contribution in [0.15, 0.2) is 29.6 Å². The number of hydrogen-bond acceptors (Lipinski definition) is 9.